The first-order chi connectivity index (χ1) is 14.5. The molecule has 8 nitrogen and oxygen atoms in total. The normalized spacial score (nSPS) is 13.1. The Morgan fingerprint density at radius 2 is 1.50 bits per heavy atom. The van der Waals surface area contributed by atoms with Crippen molar-refractivity contribution in [3.05, 3.63) is 59.7 Å². The Hall–Kier alpha value is -3.10. The summed E-state index contributed by atoms with van der Waals surface area (Å²) < 4.78 is 25.7. The van der Waals surface area contributed by atoms with Crippen LogP contribution in [0.1, 0.15) is 34.6 Å². The molecule has 0 saturated carbocycles. The molecule has 0 aromatic heterocycles. The van der Waals surface area contributed by atoms with Crippen LogP contribution in [-0.2, 0) is 18.9 Å². The molecule has 0 spiro atoms. The molecule has 1 heterocycles. The lowest BCUT2D eigenvalue weighted by Crippen LogP contribution is -2.18. The molecular weight excluding hydrogens is 392 g/mol. The van der Waals surface area contributed by atoms with E-state index >= 15 is 0 Å². The van der Waals surface area contributed by atoms with Gasteiger partial charge in [0.1, 0.15) is 18.1 Å². The Balaban J connectivity index is 0.000000232. The van der Waals surface area contributed by atoms with Gasteiger partial charge in [-0.25, -0.2) is 9.59 Å². The minimum Gasteiger partial charge on any atom is -0.508 e. The average Bonchev–Trinajstić information content (AvgIpc) is 3.27. The minimum atomic E-state index is -0.409. The van der Waals surface area contributed by atoms with E-state index in [2.05, 4.69) is 0 Å². The molecule has 0 unspecified atom stereocenters. The summed E-state index contributed by atoms with van der Waals surface area (Å²) >= 11 is 0. The van der Waals surface area contributed by atoms with Crippen LogP contribution in [0.25, 0.3) is 0 Å². The van der Waals surface area contributed by atoms with E-state index in [4.69, 9.17) is 28.8 Å². The topological polar surface area (TPSA) is 101 Å². The summed E-state index contributed by atoms with van der Waals surface area (Å²) in [5.41, 5.74) is 0.847. The van der Waals surface area contributed by atoms with Gasteiger partial charge in [-0.2, -0.15) is 0 Å². The number of carbonyl (C=O) groups excluding carboxylic acids is 2. The first-order valence-electron chi connectivity index (χ1n) is 9.62. The Kier molecular flexibility index (Phi) is 9.63. The van der Waals surface area contributed by atoms with E-state index in [-0.39, 0.29) is 18.0 Å². The van der Waals surface area contributed by atoms with Crippen LogP contribution >= 0.6 is 0 Å². The van der Waals surface area contributed by atoms with Crippen molar-refractivity contribution in [1.29, 1.82) is 0 Å². The van der Waals surface area contributed by atoms with Crippen molar-refractivity contribution in [2.75, 3.05) is 33.0 Å². The van der Waals surface area contributed by atoms with Gasteiger partial charge in [0.2, 0.25) is 0 Å². The monoisotopic (exact) mass is 418 g/mol. The second-order valence-electron chi connectivity index (χ2n) is 6.00. The quantitative estimate of drug-likeness (QED) is 0.685. The maximum Gasteiger partial charge on any atom is 0.338 e. The lowest BCUT2D eigenvalue weighted by molar-refractivity contribution is -0.0684. The maximum atomic E-state index is 11.5. The van der Waals surface area contributed by atoms with Crippen molar-refractivity contribution in [3.8, 4) is 11.5 Å². The van der Waals surface area contributed by atoms with E-state index in [9.17, 15) is 9.59 Å². The predicted octanol–water partition coefficient (Wildman–Crippen LogP) is 3.18. The molecule has 30 heavy (non-hydrogen) atoms. The Labute approximate surface area is 175 Å². The summed E-state index contributed by atoms with van der Waals surface area (Å²) in [6, 6.07) is 12.9. The molecule has 2 aromatic carbocycles. The van der Waals surface area contributed by atoms with Gasteiger partial charge in [0.05, 0.1) is 37.6 Å². The number of hydrogen-bond donors (Lipinski definition) is 1. The van der Waals surface area contributed by atoms with Crippen LogP contribution in [-0.4, -0.2) is 56.4 Å². The number of aromatic hydroxyl groups is 1. The number of phenols is 1. The highest BCUT2D eigenvalue weighted by atomic mass is 16.7. The largest absolute Gasteiger partial charge is 0.508 e. The highest BCUT2D eigenvalue weighted by Gasteiger charge is 2.16. The first-order valence-corrected chi connectivity index (χ1v) is 9.62. The molecule has 0 radical (unpaired) electrons. The van der Waals surface area contributed by atoms with Crippen LogP contribution in [0.3, 0.4) is 0 Å². The summed E-state index contributed by atoms with van der Waals surface area (Å²) in [5.74, 6) is -0.0927. The van der Waals surface area contributed by atoms with Crippen molar-refractivity contribution in [2.24, 2.45) is 0 Å². The van der Waals surface area contributed by atoms with E-state index in [1.165, 1.54) is 12.1 Å². The van der Waals surface area contributed by atoms with Gasteiger partial charge in [-0.05, 0) is 50.2 Å². The van der Waals surface area contributed by atoms with E-state index in [1.54, 1.807) is 50.2 Å². The molecule has 1 saturated heterocycles. The highest BCUT2D eigenvalue weighted by molar-refractivity contribution is 5.90. The highest BCUT2D eigenvalue weighted by Crippen LogP contribution is 2.16. The minimum absolute atomic E-state index is 0.0700. The summed E-state index contributed by atoms with van der Waals surface area (Å²) in [6.45, 7) is 5.70. The van der Waals surface area contributed by atoms with Crippen LogP contribution in [0.4, 0.5) is 0 Å². The van der Waals surface area contributed by atoms with Crippen LogP contribution < -0.4 is 4.74 Å². The molecule has 162 valence electrons. The molecule has 1 fully saturated rings. The van der Waals surface area contributed by atoms with Crippen LogP contribution in [0.15, 0.2) is 48.5 Å². The van der Waals surface area contributed by atoms with Gasteiger partial charge in [-0.15, -0.1) is 0 Å². The number of carbonyl (C=O) groups is 2. The Morgan fingerprint density at radius 1 is 0.933 bits per heavy atom. The average molecular weight is 418 g/mol. The van der Waals surface area contributed by atoms with Crippen molar-refractivity contribution in [2.45, 2.75) is 20.1 Å². The number of hydrogen-bond acceptors (Lipinski definition) is 8. The molecule has 0 bridgehead atoms. The predicted molar refractivity (Wildman–Crippen MR) is 108 cm³/mol. The lowest BCUT2D eigenvalue weighted by atomic mass is 10.2. The van der Waals surface area contributed by atoms with Gasteiger partial charge in [0, 0.05) is 0 Å². The van der Waals surface area contributed by atoms with Crippen molar-refractivity contribution >= 4 is 11.9 Å². The molecular formula is C22H26O8. The molecule has 8 heteroatoms. The Bertz CT molecular complexity index is 814. The molecule has 0 atom stereocenters. The summed E-state index contributed by atoms with van der Waals surface area (Å²) in [6.07, 6.45) is -0.323. The molecule has 2 aromatic rings. The summed E-state index contributed by atoms with van der Waals surface area (Å²) in [4.78, 5) is 22.6. The summed E-state index contributed by atoms with van der Waals surface area (Å²) in [7, 11) is 0. The zero-order chi connectivity index (χ0) is 21.8. The molecule has 1 N–H and O–H groups in total. The third kappa shape index (κ3) is 7.73. The zero-order valence-corrected chi connectivity index (χ0v) is 17.0. The van der Waals surface area contributed by atoms with Gasteiger partial charge in [0.25, 0.3) is 0 Å². The van der Waals surface area contributed by atoms with Crippen molar-refractivity contribution in [3.63, 3.8) is 0 Å². The standard InChI is InChI=1S/C13H16O5.C9H10O3/c1-2-15-13(14)10-4-3-5-11(8-10)18-9-12-16-6-7-17-12;1-2-12-9(11)7-4-3-5-8(10)6-7/h3-5,8,12H,2,6-7,9H2,1H3;3-6,10H,2H2,1H3. The van der Waals surface area contributed by atoms with Crippen LogP contribution in [0.2, 0.25) is 0 Å². The number of esters is 2. The second kappa shape index (κ2) is 12.5. The number of ether oxygens (including phenoxy) is 5. The van der Waals surface area contributed by atoms with E-state index < -0.39 is 5.97 Å². The molecule has 0 amide bonds. The molecule has 3 rings (SSSR count). The lowest BCUT2D eigenvalue weighted by Gasteiger charge is -2.11. The fourth-order valence-electron chi connectivity index (χ4n) is 2.44. The summed E-state index contributed by atoms with van der Waals surface area (Å²) in [5, 5.41) is 9.02. The van der Waals surface area contributed by atoms with Crippen LogP contribution in [0.5, 0.6) is 11.5 Å². The second-order valence-corrected chi connectivity index (χ2v) is 6.00. The van der Waals surface area contributed by atoms with Gasteiger partial charge in [0.15, 0.2) is 6.29 Å². The molecule has 1 aliphatic heterocycles. The number of benzene rings is 2. The van der Waals surface area contributed by atoms with Gasteiger partial charge in [-0.1, -0.05) is 12.1 Å². The fraction of sp³-hybridized carbons (Fsp3) is 0.364. The number of phenolic OH excluding ortho intramolecular Hbond substituents is 1. The smallest absolute Gasteiger partial charge is 0.338 e. The molecule has 1 aliphatic rings. The van der Waals surface area contributed by atoms with Crippen molar-refractivity contribution < 1.29 is 38.4 Å². The third-order valence-corrected chi connectivity index (χ3v) is 3.78. The van der Waals surface area contributed by atoms with Crippen LogP contribution in [0, 0.1) is 0 Å². The van der Waals surface area contributed by atoms with Gasteiger partial charge < -0.3 is 28.8 Å². The van der Waals surface area contributed by atoms with Gasteiger partial charge in [-0.3, -0.25) is 0 Å². The van der Waals surface area contributed by atoms with E-state index in [1.807, 2.05) is 0 Å². The first kappa shape index (κ1) is 23.2. The maximum absolute atomic E-state index is 11.5. The van der Waals surface area contributed by atoms with Gasteiger partial charge >= 0.3 is 11.9 Å². The Morgan fingerprint density at radius 3 is 2.07 bits per heavy atom. The zero-order valence-electron chi connectivity index (χ0n) is 17.0. The van der Waals surface area contributed by atoms with E-state index in [0.29, 0.717) is 49.9 Å². The number of rotatable bonds is 7. The molecule has 0 aliphatic carbocycles. The van der Waals surface area contributed by atoms with E-state index in [0.717, 1.165) is 0 Å². The SMILES string of the molecule is CCOC(=O)c1cccc(O)c1.CCOC(=O)c1cccc(OCC2OCCO2)c1. The third-order valence-electron chi connectivity index (χ3n) is 3.78. The fourth-order valence-corrected chi connectivity index (χ4v) is 2.44. The van der Waals surface area contributed by atoms with Crippen molar-refractivity contribution in [1.82, 2.24) is 0 Å².